The molecule has 1 heterocycles. The van der Waals surface area contributed by atoms with Gasteiger partial charge in [-0.05, 0) is 43.4 Å². The molecule has 1 fully saturated rings. The molecule has 0 radical (unpaired) electrons. The lowest BCUT2D eigenvalue weighted by Crippen LogP contribution is -2.43. The van der Waals surface area contributed by atoms with E-state index in [9.17, 15) is 17.6 Å². The van der Waals surface area contributed by atoms with Crippen LogP contribution >= 0.6 is 11.6 Å². The summed E-state index contributed by atoms with van der Waals surface area (Å²) in [5, 5.41) is -0.132. The monoisotopic (exact) mass is 390 g/mol. The van der Waals surface area contributed by atoms with Crippen molar-refractivity contribution in [3.63, 3.8) is 0 Å². The number of amides is 1. The Morgan fingerprint density at radius 2 is 1.96 bits per heavy atom. The molecule has 0 spiro atoms. The molecular formula is C17H24ClFN2O3S. The van der Waals surface area contributed by atoms with E-state index < -0.39 is 15.8 Å². The van der Waals surface area contributed by atoms with E-state index in [1.807, 2.05) is 18.7 Å². The van der Waals surface area contributed by atoms with Crippen LogP contribution in [-0.2, 0) is 14.8 Å². The van der Waals surface area contributed by atoms with Gasteiger partial charge in [0.15, 0.2) is 0 Å². The number of likely N-dealkylation sites (tertiary alicyclic amines) is 1. The average molecular weight is 391 g/mol. The summed E-state index contributed by atoms with van der Waals surface area (Å²) in [7, 11) is -3.80. The van der Waals surface area contributed by atoms with Crippen molar-refractivity contribution in [3.05, 3.63) is 28.5 Å². The molecule has 1 aliphatic rings. The van der Waals surface area contributed by atoms with Gasteiger partial charge in [0.25, 0.3) is 0 Å². The molecule has 1 saturated heterocycles. The van der Waals surface area contributed by atoms with Gasteiger partial charge in [0.05, 0.1) is 5.02 Å². The van der Waals surface area contributed by atoms with Crippen molar-refractivity contribution in [2.45, 2.75) is 38.5 Å². The zero-order valence-electron chi connectivity index (χ0n) is 14.7. The highest BCUT2D eigenvalue weighted by molar-refractivity contribution is 7.89. The Labute approximate surface area is 153 Å². The molecule has 1 aromatic rings. The summed E-state index contributed by atoms with van der Waals surface area (Å²) < 4.78 is 40.9. The van der Waals surface area contributed by atoms with Crippen LogP contribution in [0.4, 0.5) is 4.39 Å². The summed E-state index contributed by atoms with van der Waals surface area (Å²) in [5.74, 6) is -0.274. The molecular weight excluding hydrogens is 367 g/mol. The van der Waals surface area contributed by atoms with Crippen LogP contribution < -0.4 is 4.72 Å². The third-order valence-corrected chi connectivity index (χ3v) is 6.37. The fourth-order valence-electron chi connectivity index (χ4n) is 2.86. The van der Waals surface area contributed by atoms with Crippen LogP contribution in [0.5, 0.6) is 0 Å². The van der Waals surface area contributed by atoms with Gasteiger partial charge in [-0.3, -0.25) is 4.79 Å². The Balaban J connectivity index is 1.96. The predicted molar refractivity (Wildman–Crippen MR) is 95.5 cm³/mol. The number of nitrogens with zero attached hydrogens (tertiary/aromatic N) is 1. The number of hydrogen-bond acceptors (Lipinski definition) is 3. The summed E-state index contributed by atoms with van der Waals surface area (Å²) in [6, 6.07) is 2.26. The van der Waals surface area contributed by atoms with Gasteiger partial charge >= 0.3 is 0 Å². The van der Waals surface area contributed by atoms with E-state index in [1.165, 1.54) is 13.0 Å². The van der Waals surface area contributed by atoms with Crippen LogP contribution in [0, 0.1) is 24.6 Å². The lowest BCUT2D eigenvalue weighted by molar-refractivity contribution is -0.135. The van der Waals surface area contributed by atoms with Crippen LogP contribution in [0.2, 0.25) is 5.02 Å². The van der Waals surface area contributed by atoms with Gasteiger partial charge in [0.2, 0.25) is 15.9 Å². The molecule has 1 aliphatic heterocycles. The quantitative estimate of drug-likeness (QED) is 0.840. The molecule has 1 amide bonds. The smallest absolute Gasteiger partial charge is 0.242 e. The Kier molecular flexibility index (Phi) is 6.45. The van der Waals surface area contributed by atoms with Crippen molar-refractivity contribution < 1.29 is 17.6 Å². The fraction of sp³-hybridized carbons (Fsp3) is 0.588. The van der Waals surface area contributed by atoms with Gasteiger partial charge < -0.3 is 4.90 Å². The number of halogens is 2. The number of nitrogens with one attached hydrogen (secondary N) is 1. The van der Waals surface area contributed by atoms with Gasteiger partial charge in [-0.2, -0.15) is 0 Å². The molecule has 8 heteroatoms. The van der Waals surface area contributed by atoms with E-state index in [2.05, 4.69) is 4.72 Å². The largest absolute Gasteiger partial charge is 0.342 e. The van der Waals surface area contributed by atoms with Gasteiger partial charge in [0, 0.05) is 25.6 Å². The third-order valence-electron chi connectivity index (χ3n) is 4.48. The SMILES string of the molecule is Cc1cc(S(=O)(=O)NCC2CCN(C(=O)C(C)C)CC2)c(Cl)cc1F. The van der Waals surface area contributed by atoms with Crippen molar-refractivity contribution in [3.8, 4) is 0 Å². The molecule has 0 atom stereocenters. The Bertz CT molecular complexity index is 745. The van der Waals surface area contributed by atoms with Crippen molar-refractivity contribution in [2.75, 3.05) is 19.6 Å². The lowest BCUT2D eigenvalue weighted by atomic mass is 9.96. The van der Waals surface area contributed by atoms with Gasteiger partial charge in [-0.25, -0.2) is 17.5 Å². The predicted octanol–water partition coefficient (Wildman–Crippen LogP) is 2.96. The molecule has 140 valence electrons. The molecule has 0 aromatic heterocycles. The number of piperidine rings is 1. The number of hydrogen-bond donors (Lipinski definition) is 1. The van der Waals surface area contributed by atoms with Gasteiger partial charge in [-0.1, -0.05) is 25.4 Å². The van der Waals surface area contributed by atoms with E-state index in [0.717, 1.165) is 18.9 Å². The summed E-state index contributed by atoms with van der Waals surface area (Å²) in [5.41, 5.74) is 0.227. The maximum absolute atomic E-state index is 13.5. The van der Waals surface area contributed by atoms with Crippen molar-refractivity contribution in [2.24, 2.45) is 11.8 Å². The van der Waals surface area contributed by atoms with Crippen LogP contribution in [0.15, 0.2) is 17.0 Å². The highest BCUT2D eigenvalue weighted by Gasteiger charge is 2.26. The molecule has 0 saturated carbocycles. The first-order chi connectivity index (χ1) is 11.6. The second-order valence-corrected chi connectivity index (χ2v) is 8.95. The highest BCUT2D eigenvalue weighted by atomic mass is 35.5. The van der Waals surface area contributed by atoms with Crippen molar-refractivity contribution >= 4 is 27.5 Å². The Hall–Kier alpha value is -1.18. The van der Waals surface area contributed by atoms with E-state index in [1.54, 1.807) is 0 Å². The number of aryl methyl sites for hydroxylation is 1. The van der Waals surface area contributed by atoms with E-state index >= 15 is 0 Å². The van der Waals surface area contributed by atoms with Crippen LogP contribution in [-0.4, -0.2) is 38.9 Å². The highest BCUT2D eigenvalue weighted by Crippen LogP contribution is 2.25. The first kappa shape index (κ1) is 20.1. The normalized spacial score (nSPS) is 16.5. The zero-order chi connectivity index (χ0) is 18.8. The molecule has 1 N–H and O–H groups in total. The molecule has 1 aromatic carbocycles. The minimum atomic E-state index is -3.80. The average Bonchev–Trinajstić information content (AvgIpc) is 2.56. The maximum atomic E-state index is 13.5. The molecule has 5 nitrogen and oxygen atoms in total. The number of sulfonamides is 1. The van der Waals surface area contributed by atoms with E-state index in [0.29, 0.717) is 13.1 Å². The van der Waals surface area contributed by atoms with Crippen molar-refractivity contribution in [1.82, 2.24) is 9.62 Å². The Morgan fingerprint density at radius 3 is 2.52 bits per heavy atom. The van der Waals surface area contributed by atoms with Crippen molar-refractivity contribution in [1.29, 1.82) is 0 Å². The standard InChI is InChI=1S/C17H24ClFN2O3S/c1-11(2)17(22)21-6-4-13(5-7-21)10-20-25(23,24)16-8-12(3)15(19)9-14(16)18/h8-9,11,13,20H,4-7,10H2,1-3H3. The number of carbonyl (C=O) groups excluding carboxylic acids is 1. The number of rotatable bonds is 5. The number of benzene rings is 1. The molecule has 2 rings (SSSR count). The fourth-order valence-corrected chi connectivity index (χ4v) is 4.58. The molecule has 0 unspecified atom stereocenters. The lowest BCUT2D eigenvalue weighted by Gasteiger charge is -2.33. The summed E-state index contributed by atoms with van der Waals surface area (Å²) in [4.78, 5) is 13.7. The minimum absolute atomic E-state index is 0.0288. The summed E-state index contributed by atoms with van der Waals surface area (Å²) >= 11 is 5.89. The number of carbonyl (C=O) groups is 1. The molecule has 25 heavy (non-hydrogen) atoms. The third kappa shape index (κ3) is 4.92. The maximum Gasteiger partial charge on any atom is 0.242 e. The molecule has 0 aliphatic carbocycles. The topological polar surface area (TPSA) is 66.5 Å². The first-order valence-electron chi connectivity index (χ1n) is 8.36. The zero-order valence-corrected chi connectivity index (χ0v) is 16.3. The van der Waals surface area contributed by atoms with E-state index in [4.69, 9.17) is 11.6 Å². The Morgan fingerprint density at radius 1 is 1.36 bits per heavy atom. The minimum Gasteiger partial charge on any atom is -0.342 e. The van der Waals surface area contributed by atoms with Crippen LogP contribution in [0.1, 0.15) is 32.3 Å². The first-order valence-corrected chi connectivity index (χ1v) is 10.2. The molecule has 0 bridgehead atoms. The second-order valence-electron chi connectivity index (χ2n) is 6.81. The summed E-state index contributed by atoms with van der Waals surface area (Å²) in [6.07, 6.45) is 1.49. The van der Waals surface area contributed by atoms with Gasteiger partial charge in [-0.15, -0.1) is 0 Å². The second kappa shape index (κ2) is 8.01. The van der Waals surface area contributed by atoms with Gasteiger partial charge in [0.1, 0.15) is 10.7 Å². The van der Waals surface area contributed by atoms with Crippen LogP contribution in [0.3, 0.4) is 0 Å². The van der Waals surface area contributed by atoms with E-state index in [-0.39, 0.29) is 39.8 Å². The van der Waals surface area contributed by atoms with Crippen LogP contribution in [0.25, 0.3) is 0 Å². The summed E-state index contributed by atoms with van der Waals surface area (Å²) in [6.45, 7) is 6.79.